The van der Waals surface area contributed by atoms with Gasteiger partial charge in [-0.25, -0.2) is 0 Å². The summed E-state index contributed by atoms with van der Waals surface area (Å²) >= 11 is 0. The van der Waals surface area contributed by atoms with E-state index in [1.165, 1.54) is 38.4 Å². The predicted molar refractivity (Wildman–Crippen MR) is 89.3 cm³/mol. The van der Waals surface area contributed by atoms with Crippen molar-refractivity contribution in [2.45, 2.75) is 6.92 Å². The zero-order valence-corrected chi connectivity index (χ0v) is 13.0. The molecule has 24 heavy (non-hydrogen) atoms. The number of nitro groups is 1. The predicted octanol–water partition coefficient (Wildman–Crippen LogP) is 3.02. The van der Waals surface area contributed by atoms with Crippen molar-refractivity contribution in [3.8, 4) is 11.5 Å². The number of hydrogen-bond donors (Lipinski definition) is 2. The molecule has 0 bridgehead atoms. The third kappa shape index (κ3) is 4.07. The van der Waals surface area contributed by atoms with Gasteiger partial charge in [0, 0.05) is 36.5 Å². The van der Waals surface area contributed by atoms with Gasteiger partial charge in [0.1, 0.15) is 17.2 Å². The third-order valence-corrected chi connectivity index (χ3v) is 3.06. The highest BCUT2D eigenvalue weighted by molar-refractivity contribution is 5.90. The number of aliphatic imine (C=N–C) groups is 1. The minimum Gasteiger partial charge on any atom is -0.507 e. The summed E-state index contributed by atoms with van der Waals surface area (Å²) in [6, 6.07) is 8.51. The van der Waals surface area contributed by atoms with Gasteiger partial charge < -0.3 is 15.2 Å². The number of nitro benzene ring substituents is 1. The summed E-state index contributed by atoms with van der Waals surface area (Å²) in [5, 5.41) is 23.2. The van der Waals surface area contributed by atoms with Gasteiger partial charge in [0.15, 0.2) is 0 Å². The van der Waals surface area contributed by atoms with Crippen molar-refractivity contribution in [3.05, 3.63) is 52.1 Å². The van der Waals surface area contributed by atoms with Crippen LogP contribution in [0.2, 0.25) is 0 Å². The van der Waals surface area contributed by atoms with Crippen LogP contribution in [0.1, 0.15) is 12.5 Å². The Morgan fingerprint density at radius 1 is 1.33 bits per heavy atom. The standard InChI is InChI=1S/C16H15N3O5/c1-10(20)18-12-3-6-16(24-2)14(8-12)17-9-11-7-13(19(22)23)4-5-15(11)21/h3-9,21H,1-2H3,(H,18,20). The lowest BCUT2D eigenvalue weighted by atomic mass is 10.2. The first-order valence-electron chi connectivity index (χ1n) is 6.88. The first-order valence-corrected chi connectivity index (χ1v) is 6.88. The molecule has 8 nitrogen and oxygen atoms in total. The van der Waals surface area contributed by atoms with E-state index in [1.807, 2.05) is 0 Å². The van der Waals surface area contributed by atoms with Crippen molar-refractivity contribution in [1.29, 1.82) is 0 Å². The maximum absolute atomic E-state index is 11.1. The van der Waals surface area contributed by atoms with Gasteiger partial charge in [-0.15, -0.1) is 0 Å². The highest BCUT2D eigenvalue weighted by Gasteiger charge is 2.09. The molecule has 2 aromatic rings. The van der Waals surface area contributed by atoms with Crippen LogP contribution in [0.5, 0.6) is 11.5 Å². The number of amides is 1. The largest absolute Gasteiger partial charge is 0.507 e. The monoisotopic (exact) mass is 329 g/mol. The zero-order chi connectivity index (χ0) is 17.7. The first kappa shape index (κ1) is 16.9. The van der Waals surface area contributed by atoms with E-state index in [4.69, 9.17) is 4.74 Å². The van der Waals surface area contributed by atoms with E-state index in [9.17, 15) is 20.0 Å². The fourth-order valence-electron chi connectivity index (χ4n) is 1.97. The molecule has 0 fully saturated rings. The van der Waals surface area contributed by atoms with E-state index in [0.29, 0.717) is 17.1 Å². The van der Waals surface area contributed by atoms with Crippen molar-refractivity contribution in [2.24, 2.45) is 4.99 Å². The molecule has 0 heterocycles. The minimum atomic E-state index is -0.561. The van der Waals surface area contributed by atoms with Crippen LogP contribution in [0.15, 0.2) is 41.4 Å². The maximum atomic E-state index is 11.1. The summed E-state index contributed by atoms with van der Waals surface area (Å²) in [6.45, 7) is 1.38. The molecule has 0 aliphatic heterocycles. The van der Waals surface area contributed by atoms with Crippen molar-refractivity contribution < 1.29 is 19.6 Å². The van der Waals surface area contributed by atoms with Gasteiger partial charge in [-0.1, -0.05) is 0 Å². The van der Waals surface area contributed by atoms with Gasteiger partial charge in [-0.3, -0.25) is 19.9 Å². The molecular formula is C16H15N3O5. The number of nitrogens with zero attached hydrogens (tertiary/aromatic N) is 2. The van der Waals surface area contributed by atoms with Crippen LogP contribution in [0.25, 0.3) is 0 Å². The average molecular weight is 329 g/mol. The second-order valence-corrected chi connectivity index (χ2v) is 4.83. The highest BCUT2D eigenvalue weighted by Crippen LogP contribution is 2.31. The molecule has 0 saturated carbocycles. The number of ether oxygens (including phenoxy) is 1. The van der Waals surface area contributed by atoms with Gasteiger partial charge in [-0.05, 0) is 24.3 Å². The van der Waals surface area contributed by atoms with Crippen LogP contribution < -0.4 is 10.1 Å². The second-order valence-electron chi connectivity index (χ2n) is 4.83. The molecule has 8 heteroatoms. The molecule has 2 rings (SSSR count). The van der Waals surface area contributed by atoms with Crippen molar-refractivity contribution in [3.63, 3.8) is 0 Å². The number of non-ortho nitro benzene ring substituents is 1. The van der Waals surface area contributed by atoms with E-state index < -0.39 is 4.92 Å². The molecule has 0 radical (unpaired) electrons. The molecular weight excluding hydrogens is 314 g/mol. The number of anilines is 1. The van der Waals surface area contributed by atoms with Gasteiger partial charge in [0.25, 0.3) is 5.69 Å². The van der Waals surface area contributed by atoms with Gasteiger partial charge in [0.2, 0.25) is 5.91 Å². The number of carbonyl (C=O) groups excluding carboxylic acids is 1. The van der Waals surface area contributed by atoms with Crippen LogP contribution >= 0.6 is 0 Å². The Labute approximate surface area is 137 Å². The molecule has 2 aromatic carbocycles. The summed E-state index contributed by atoms with van der Waals surface area (Å²) in [5.41, 5.74) is 0.956. The number of phenols is 1. The lowest BCUT2D eigenvalue weighted by molar-refractivity contribution is -0.384. The number of carbonyl (C=O) groups is 1. The van der Waals surface area contributed by atoms with Gasteiger partial charge in [-0.2, -0.15) is 0 Å². The Morgan fingerprint density at radius 3 is 2.71 bits per heavy atom. The first-order chi connectivity index (χ1) is 11.4. The number of aromatic hydroxyl groups is 1. The number of hydrogen-bond acceptors (Lipinski definition) is 6. The summed E-state index contributed by atoms with van der Waals surface area (Å²) in [5.74, 6) is 0.0815. The number of nitrogens with one attached hydrogen (secondary N) is 1. The molecule has 124 valence electrons. The molecule has 2 N–H and O–H groups in total. The van der Waals surface area contributed by atoms with Crippen molar-refractivity contribution in [1.82, 2.24) is 0 Å². The second kappa shape index (κ2) is 7.23. The van der Waals surface area contributed by atoms with Crippen LogP contribution in [-0.4, -0.2) is 29.3 Å². The van der Waals surface area contributed by atoms with Crippen LogP contribution in [0.4, 0.5) is 17.1 Å². The topological polar surface area (TPSA) is 114 Å². The summed E-state index contributed by atoms with van der Waals surface area (Å²) in [7, 11) is 1.47. The van der Waals surface area contributed by atoms with Gasteiger partial charge >= 0.3 is 0 Å². The Hall–Kier alpha value is -3.42. The number of benzene rings is 2. The molecule has 0 aliphatic carbocycles. The Balaban J connectivity index is 2.39. The number of methoxy groups -OCH3 is 1. The molecule has 0 saturated heterocycles. The lowest BCUT2D eigenvalue weighted by Crippen LogP contribution is -2.05. The van der Waals surface area contributed by atoms with Crippen molar-refractivity contribution in [2.75, 3.05) is 12.4 Å². The van der Waals surface area contributed by atoms with Crippen LogP contribution in [-0.2, 0) is 4.79 Å². The molecule has 0 atom stereocenters. The Kier molecular flexibility index (Phi) is 5.10. The fourth-order valence-corrected chi connectivity index (χ4v) is 1.97. The maximum Gasteiger partial charge on any atom is 0.270 e. The smallest absolute Gasteiger partial charge is 0.270 e. The van der Waals surface area contributed by atoms with Gasteiger partial charge in [0.05, 0.1) is 12.0 Å². The summed E-state index contributed by atoms with van der Waals surface area (Å²) in [6.07, 6.45) is 1.29. The Bertz CT molecular complexity index is 817. The molecule has 1 amide bonds. The van der Waals surface area contributed by atoms with E-state index in [-0.39, 0.29) is 22.9 Å². The SMILES string of the molecule is COc1ccc(NC(C)=O)cc1N=Cc1cc([N+](=O)[O-])ccc1O. The van der Waals surface area contributed by atoms with Crippen molar-refractivity contribution >= 4 is 29.2 Å². The number of rotatable bonds is 5. The third-order valence-electron chi connectivity index (χ3n) is 3.06. The molecule has 0 unspecified atom stereocenters. The van der Waals surface area contributed by atoms with E-state index in [0.717, 1.165) is 0 Å². The molecule has 0 spiro atoms. The van der Waals surface area contributed by atoms with Crippen LogP contribution in [0.3, 0.4) is 0 Å². The Morgan fingerprint density at radius 2 is 2.08 bits per heavy atom. The fraction of sp³-hybridized carbons (Fsp3) is 0.125. The molecule has 0 aliphatic rings. The zero-order valence-electron chi connectivity index (χ0n) is 13.0. The summed E-state index contributed by atoms with van der Waals surface area (Å²) in [4.78, 5) is 25.6. The highest BCUT2D eigenvalue weighted by atomic mass is 16.6. The summed E-state index contributed by atoms with van der Waals surface area (Å²) < 4.78 is 5.19. The number of phenolic OH excluding ortho intramolecular Hbond substituents is 1. The van der Waals surface area contributed by atoms with Crippen LogP contribution in [0, 0.1) is 10.1 Å². The minimum absolute atomic E-state index is 0.138. The normalized spacial score (nSPS) is 10.6. The van der Waals surface area contributed by atoms with E-state index >= 15 is 0 Å². The average Bonchev–Trinajstić information content (AvgIpc) is 2.53. The lowest BCUT2D eigenvalue weighted by Gasteiger charge is -2.08. The quantitative estimate of drug-likeness (QED) is 0.497. The molecule has 0 aromatic heterocycles. The van der Waals surface area contributed by atoms with E-state index in [2.05, 4.69) is 10.3 Å². The van der Waals surface area contributed by atoms with E-state index in [1.54, 1.807) is 18.2 Å².